The first-order valence-corrected chi connectivity index (χ1v) is 6.96. The molecule has 0 radical (unpaired) electrons. The van der Waals surface area contributed by atoms with E-state index in [1.54, 1.807) is 24.3 Å². The molecule has 0 aliphatic carbocycles. The van der Waals surface area contributed by atoms with Gasteiger partial charge in [-0.3, -0.25) is 0 Å². The summed E-state index contributed by atoms with van der Waals surface area (Å²) in [4.78, 5) is 11.4. The molecule has 0 spiro atoms. The maximum atomic E-state index is 11.4. The molecule has 7 nitrogen and oxygen atoms in total. The van der Waals surface area contributed by atoms with Gasteiger partial charge in [0.2, 0.25) is 10.0 Å². The molecule has 0 aliphatic rings. The van der Waals surface area contributed by atoms with Crippen LogP contribution >= 0.6 is 0 Å². The Bertz CT molecular complexity index is 498. The summed E-state index contributed by atoms with van der Waals surface area (Å²) in [6.07, 6.45) is 0. The van der Waals surface area contributed by atoms with Gasteiger partial charge in [-0.15, -0.1) is 0 Å². The average molecular weight is 272 g/mol. The number of anilines is 1. The minimum atomic E-state index is -3.56. The van der Waals surface area contributed by atoms with E-state index in [-0.39, 0.29) is 12.3 Å². The van der Waals surface area contributed by atoms with Crippen LogP contribution in [-0.4, -0.2) is 26.7 Å². The minimum Gasteiger partial charge on any atom is -0.337 e. The topological polar surface area (TPSA) is 127 Å². The Labute approximate surface area is 106 Å². The molecule has 0 saturated carbocycles. The van der Waals surface area contributed by atoms with Crippen molar-refractivity contribution in [2.75, 3.05) is 17.6 Å². The van der Waals surface area contributed by atoms with Gasteiger partial charge in [0, 0.05) is 18.8 Å². The Kier molecular flexibility index (Phi) is 5.08. The zero-order chi connectivity index (χ0) is 13.6. The molecular formula is C10H16N4O3S. The fraction of sp³-hybridized carbons (Fsp3) is 0.300. The summed E-state index contributed by atoms with van der Waals surface area (Å²) in [5.41, 5.74) is 6.99. The van der Waals surface area contributed by atoms with Gasteiger partial charge in [0.1, 0.15) is 0 Å². The number of hydrogen-bond donors (Lipinski definition) is 4. The van der Waals surface area contributed by atoms with Crippen LogP contribution < -0.4 is 21.5 Å². The van der Waals surface area contributed by atoms with Crippen molar-refractivity contribution in [3.8, 4) is 0 Å². The first-order valence-electron chi connectivity index (χ1n) is 5.25. The highest BCUT2D eigenvalue weighted by molar-refractivity contribution is 7.89. The Balaban J connectivity index is 2.39. The number of rotatable bonds is 5. The maximum Gasteiger partial charge on any atom is 0.319 e. The van der Waals surface area contributed by atoms with Gasteiger partial charge in [-0.2, -0.15) is 0 Å². The van der Waals surface area contributed by atoms with Crippen LogP contribution in [0.25, 0.3) is 0 Å². The SMILES string of the molecule is NCc1ccc(NC(=O)NCCS(N)(=O)=O)cc1. The largest absolute Gasteiger partial charge is 0.337 e. The monoisotopic (exact) mass is 272 g/mol. The highest BCUT2D eigenvalue weighted by atomic mass is 32.2. The van der Waals surface area contributed by atoms with E-state index >= 15 is 0 Å². The van der Waals surface area contributed by atoms with Gasteiger partial charge in [-0.25, -0.2) is 18.4 Å². The molecule has 1 aromatic carbocycles. The number of carbonyl (C=O) groups is 1. The standard InChI is InChI=1S/C10H16N4O3S/c11-7-8-1-3-9(4-2-8)14-10(15)13-5-6-18(12,16)17/h1-4H,5-7,11H2,(H2,12,16,17)(H2,13,14,15). The second kappa shape index (κ2) is 6.34. The maximum absolute atomic E-state index is 11.4. The normalized spacial score (nSPS) is 11.0. The van der Waals surface area contributed by atoms with E-state index in [1.807, 2.05) is 0 Å². The minimum absolute atomic E-state index is 0.0362. The summed E-state index contributed by atoms with van der Waals surface area (Å²) in [5, 5.41) is 9.73. The number of benzene rings is 1. The molecule has 6 N–H and O–H groups in total. The smallest absolute Gasteiger partial charge is 0.319 e. The Hall–Kier alpha value is -1.64. The van der Waals surface area contributed by atoms with E-state index in [1.165, 1.54) is 0 Å². The summed E-state index contributed by atoms with van der Waals surface area (Å²) in [7, 11) is -3.56. The van der Waals surface area contributed by atoms with E-state index in [4.69, 9.17) is 10.9 Å². The van der Waals surface area contributed by atoms with E-state index in [9.17, 15) is 13.2 Å². The molecule has 0 unspecified atom stereocenters. The highest BCUT2D eigenvalue weighted by Gasteiger charge is 2.05. The van der Waals surface area contributed by atoms with Crippen LogP contribution in [0.3, 0.4) is 0 Å². The van der Waals surface area contributed by atoms with Crippen LogP contribution in [0.2, 0.25) is 0 Å². The number of sulfonamides is 1. The second-order valence-corrected chi connectivity index (χ2v) is 5.38. The number of nitrogens with two attached hydrogens (primary N) is 2. The van der Waals surface area contributed by atoms with Gasteiger partial charge in [-0.05, 0) is 17.7 Å². The fourth-order valence-electron chi connectivity index (χ4n) is 1.21. The van der Waals surface area contributed by atoms with Crippen LogP contribution in [0.1, 0.15) is 5.56 Å². The van der Waals surface area contributed by atoms with Gasteiger partial charge in [0.25, 0.3) is 0 Å². The van der Waals surface area contributed by atoms with Crippen molar-refractivity contribution in [1.29, 1.82) is 0 Å². The van der Waals surface area contributed by atoms with Gasteiger partial charge in [0.15, 0.2) is 0 Å². The number of urea groups is 1. The highest BCUT2D eigenvalue weighted by Crippen LogP contribution is 2.08. The van der Waals surface area contributed by atoms with Crippen LogP contribution in [0.15, 0.2) is 24.3 Å². The molecule has 1 aromatic rings. The Morgan fingerprint density at radius 3 is 2.33 bits per heavy atom. The molecule has 0 aliphatic heterocycles. The van der Waals surface area contributed by atoms with E-state index in [0.29, 0.717) is 12.2 Å². The fourth-order valence-corrected chi connectivity index (χ4v) is 1.59. The van der Waals surface area contributed by atoms with Crippen LogP contribution in [0.4, 0.5) is 10.5 Å². The first kappa shape index (κ1) is 14.4. The molecule has 0 fully saturated rings. The molecule has 0 aromatic heterocycles. The quantitative estimate of drug-likeness (QED) is 0.579. The van der Waals surface area contributed by atoms with Crippen molar-refractivity contribution in [3.63, 3.8) is 0 Å². The van der Waals surface area contributed by atoms with Crippen molar-refractivity contribution in [3.05, 3.63) is 29.8 Å². The zero-order valence-corrected chi connectivity index (χ0v) is 10.5. The van der Waals surface area contributed by atoms with Crippen molar-refractivity contribution < 1.29 is 13.2 Å². The van der Waals surface area contributed by atoms with Crippen molar-refractivity contribution in [2.45, 2.75) is 6.54 Å². The average Bonchev–Trinajstić information content (AvgIpc) is 2.28. The van der Waals surface area contributed by atoms with Crippen LogP contribution in [0.5, 0.6) is 0 Å². The third-order valence-electron chi connectivity index (χ3n) is 2.12. The molecule has 2 amide bonds. The molecule has 8 heteroatoms. The lowest BCUT2D eigenvalue weighted by Crippen LogP contribution is -2.34. The molecule has 100 valence electrons. The summed E-state index contributed by atoms with van der Waals surface area (Å²) < 4.78 is 21.3. The predicted molar refractivity (Wildman–Crippen MR) is 69.3 cm³/mol. The molecule has 0 saturated heterocycles. The molecule has 0 bridgehead atoms. The van der Waals surface area contributed by atoms with Crippen molar-refractivity contribution >= 4 is 21.7 Å². The first-order chi connectivity index (χ1) is 8.40. The molecule has 18 heavy (non-hydrogen) atoms. The number of hydrogen-bond acceptors (Lipinski definition) is 4. The Morgan fingerprint density at radius 1 is 1.22 bits per heavy atom. The van der Waals surface area contributed by atoms with Gasteiger partial charge in [0.05, 0.1) is 5.75 Å². The molecular weight excluding hydrogens is 256 g/mol. The van der Waals surface area contributed by atoms with Crippen molar-refractivity contribution in [1.82, 2.24) is 5.32 Å². The van der Waals surface area contributed by atoms with Crippen LogP contribution in [-0.2, 0) is 16.6 Å². The predicted octanol–water partition coefficient (Wildman–Crippen LogP) is -0.445. The number of nitrogens with one attached hydrogen (secondary N) is 2. The summed E-state index contributed by atoms with van der Waals surface area (Å²) in [6, 6.07) is 6.52. The van der Waals surface area contributed by atoms with Gasteiger partial charge in [-0.1, -0.05) is 12.1 Å². The zero-order valence-electron chi connectivity index (χ0n) is 9.72. The molecule has 1 rings (SSSR count). The third kappa shape index (κ3) is 5.62. The number of primary sulfonamides is 1. The molecule has 0 atom stereocenters. The summed E-state index contributed by atoms with van der Waals surface area (Å²) in [6.45, 7) is 0.395. The Morgan fingerprint density at radius 2 is 1.83 bits per heavy atom. The van der Waals surface area contributed by atoms with E-state index < -0.39 is 16.1 Å². The van der Waals surface area contributed by atoms with Crippen molar-refractivity contribution in [2.24, 2.45) is 10.9 Å². The van der Waals surface area contributed by atoms with E-state index in [2.05, 4.69) is 10.6 Å². The van der Waals surface area contributed by atoms with Gasteiger partial charge >= 0.3 is 6.03 Å². The number of carbonyl (C=O) groups excluding carboxylic acids is 1. The van der Waals surface area contributed by atoms with Gasteiger partial charge < -0.3 is 16.4 Å². The van der Waals surface area contributed by atoms with Crippen LogP contribution in [0, 0.1) is 0 Å². The lowest BCUT2D eigenvalue weighted by Gasteiger charge is -2.07. The number of amides is 2. The second-order valence-electron chi connectivity index (χ2n) is 3.65. The summed E-state index contributed by atoms with van der Waals surface area (Å²) >= 11 is 0. The third-order valence-corrected chi connectivity index (χ3v) is 2.89. The van der Waals surface area contributed by atoms with E-state index in [0.717, 1.165) is 5.56 Å². The lowest BCUT2D eigenvalue weighted by molar-refractivity contribution is 0.252. The molecule has 0 heterocycles. The lowest BCUT2D eigenvalue weighted by atomic mass is 10.2. The summed E-state index contributed by atoms with van der Waals surface area (Å²) in [5.74, 6) is -0.299.